The Bertz CT molecular complexity index is 853. The number of benzene rings is 2. The Balaban J connectivity index is 1.69. The summed E-state index contributed by atoms with van der Waals surface area (Å²) in [4.78, 5) is 33.6. The molecule has 4 rings (SSSR count). The Morgan fingerprint density at radius 2 is 1.63 bits per heavy atom. The Kier molecular flexibility index (Phi) is 4.78. The van der Waals surface area contributed by atoms with Crippen molar-refractivity contribution in [2.24, 2.45) is 11.8 Å². The fraction of sp³-hybridized carbons (Fsp3) is 0.333. The SMILES string of the molecule is CC(C)C[C@H]1[C@@H]2C(=O)N(c3ccc(Br)cc3)C(=O)[C@@H]2ON1c1ccccc1. The van der Waals surface area contributed by atoms with Gasteiger partial charge in [0.25, 0.3) is 5.91 Å². The normalized spacial score (nSPS) is 24.8. The molecule has 27 heavy (non-hydrogen) atoms. The highest BCUT2D eigenvalue weighted by Gasteiger charge is 2.59. The first-order valence-corrected chi connectivity index (χ1v) is 9.91. The van der Waals surface area contributed by atoms with Crippen molar-refractivity contribution in [3.8, 4) is 0 Å². The van der Waals surface area contributed by atoms with E-state index in [1.165, 1.54) is 4.90 Å². The van der Waals surface area contributed by atoms with Gasteiger partial charge in [0, 0.05) is 4.47 Å². The topological polar surface area (TPSA) is 49.9 Å². The summed E-state index contributed by atoms with van der Waals surface area (Å²) >= 11 is 3.38. The van der Waals surface area contributed by atoms with Crippen molar-refractivity contribution >= 4 is 39.1 Å². The third-order valence-corrected chi connectivity index (χ3v) is 5.58. The minimum atomic E-state index is -0.773. The number of halogens is 1. The summed E-state index contributed by atoms with van der Waals surface area (Å²) in [5, 5.41) is 1.77. The van der Waals surface area contributed by atoms with Crippen LogP contribution < -0.4 is 9.96 Å². The lowest BCUT2D eigenvalue weighted by Gasteiger charge is -2.29. The fourth-order valence-electron chi connectivity index (χ4n) is 3.89. The van der Waals surface area contributed by atoms with Crippen LogP contribution in [-0.2, 0) is 14.4 Å². The molecule has 5 nitrogen and oxygen atoms in total. The van der Waals surface area contributed by atoms with Gasteiger partial charge in [-0.15, -0.1) is 0 Å². The molecule has 0 unspecified atom stereocenters. The third-order valence-electron chi connectivity index (χ3n) is 5.05. The van der Waals surface area contributed by atoms with Crippen LogP contribution in [0.25, 0.3) is 0 Å². The molecule has 0 radical (unpaired) electrons. The molecule has 140 valence electrons. The molecule has 0 saturated carbocycles. The average Bonchev–Trinajstić information content (AvgIpc) is 3.13. The zero-order chi connectivity index (χ0) is 19.1. The Morgan fingerprint density at radius 3 is 2.26 bits per heavy atom. The summed E-state index contributed by atoms with van der Waals surface area (Å²) < 4.78 is 0.898. The number of para-hydroxylation sites is 1. The number of nitrogens with zero attached hydrogens (tertiary/aromatic N) is 2. The second-order valence-corrected chi connectivity index (χ2v) is 8.31. The third kappa shape index (κ3) is 3.17. The first kappa shape index (κ1) is 18.2. The number of carbonyl (C=O) groups excluding carboxylic acids is 2. The highest BCUT2D eigenvalue weighted by Crippen LogP contribution is 2.42. The summed E-state index contributed by atoms with van der Waals surface area (Å²) in [5.41, 5.74) is 1.45. The van der Waals surface area contributed by atoms with Crippen LogP contribution in [0, 0.1) is 11.8 Å². The molecule has 0 bridgehead atoms. The zero-order valence-electron chi connectivity index (χ0n) is 15.2. The molecule has 2 aliphatic heterocycles. The molecule has 2 fully saturated rings. The van der Waals surface area contributed by atoms with E-state index in [1.54, 1.807) is 17.2 Å². The van der Waals surface area contributed by atoms with E-state index in [9.17, 15) is 9.59 Å². The number of rotatable bonds is 4. The molecule has 0 aliphatic carbocycles. The lowest BCUT2D eigenvalue weighted by atomic mass is 9.90. The average molecular weight is 429 g/mol. The van der Waals surface area contributed by atoms with Crippen molar-refractivity contribution < 1.29 is 14.4 Å². The second-order valence-electron chi connectivity index (χ2n) is 7.40. The van der Waals surface area contributed by atoms with Crippen LogP contribution in [0.5, 0.6) is 0 Å². The molecule has 2 saturated heterocycles. The second kappa shape index (κ2) is 7.09. The number of carbonyl (C=O) groups is 2. The van der Waals surface area contributed by atoms with Crippen LogP contribution in [0.2, 0.25) is 0 Å². The molecular weight excluding hydrogens is 408 g/mol. The number of amides is 2. The van der Waals surface area contributed by atoms with Crippen LogP contribution in [0.1, 0.15) is 20.3 Å². The molecule has 2 aromatic rings. The van der Waals surface area contributed by atoms with Crippen molar-refractivity contribution in [2.75, 3.05) is 9.96 Å². The smallest absolute Gasteiger partial charge is 0.266 e. The van der Waals surface area contributed by atoms with Crippen molar-refractivity contribution in [1.29, 1.82) is 0 Å². The minimum Gasteiger partial charge on any atom is -0.273 e. The Labute approximate surface area is 167 Å². The number of anilines is 2. The van der Waals surface area contributed by atoms with Crippen molar-refractivity contribution in [2.45, 2.75) is 32.4 Å². The molecule has 6 heteroatoms. The van der Waals surface area contributed by atoms with Crippen LogP contribution in [0.4, 0.5) is 11.4 Å². The van der Waals surface area contributed by atoms with Gasteiger partial charge in [0.2, 0.25) is 5.91 Å². The van der Waals surface area contributed by atoms with Gasteiger partial charge in [0.05, 0.1) is 23.3 Å². The van der Waals surface area contributed by atoms with Crippen molar-refractivity contribution in [3.63, 3.8) is 0 Å². The van der Waals surface area contributed by atoms with E-state index in [2.05, 4.69) is 29.8 Å². The molecular formula is C21H21BrN2O3. The summed E-state index contributed by atoms with van der Waals surface area (Å²) in [6, 6.07) is 16.7. The maximum Gasteiger partial charge on any atom is 0.266 e. The van der Waals surface area contributed by atoms with Gasteiger partial charge >= 0.3 is 0 Å². The van der Waals surface area contributed by atoms with Crippen LogP contribution >= 0.6 is 15.9 Å². The molecule has 2 heterocycles. The van der Waals surface area contributed by atoms with E-state index in [0.717, 1.165) is 16.6 Å². The molecule has 2 amide bonds. The number of hydrogen-bond acceptors (Lipinski definition) is 4. The number of hydroxylamine groups is 1. The van der Waals surface area contributed by atoms with Crippen molar-refractivity contribution in [1.82, 2.24) is 0 Å². The van der Waals surface area contributed by atoms with Gasteiger partial charge in [-0.1, -0.05) is 48.0 Å². The lowest BCUT2D eigenvalue weighted by molar-refractivity contribution is -0.126. The first-order chi connectivity index (χ1) is 13.0. The van der Waals surface area contributed by atoms with Gasteiger partial charge < -0.3 is 0 Å². The fourth-order valence-corrected chi connectivity index (χ4v) is 4.15. The lowest BCUT2D eigenvalue weighted by Crippen LogP contribution is -2.41. The van der Waals surface area contributed by atoms with Gasteiger partial charge in [0.15, 0.2) is 6.10 Å². The standard InChI is InChI=1S/C21H21BrN2O3/c1-13(2)12-17-18-19(27-24(17)16-6-4-3-5-7-16)21(26)23(20(18)25)15-10-8-14(22)9-11-15/h3-11,13,17-19H,12H2,1-2H3/t17-,18-,19+/m0/s1. The van der Waals surface area contributed by atoms with E-state index < -0.39 is 12.0 Å². The molecule has 2 aliphatic rings. The number of imide groups is 1. The van der Waals surface area contributed by atoms with E-state index in [0.29, 0.717) is 11.6 Å². The summed E-state index contributed by atoms with van der Waals surface area (Å²) in [6.45, 7) is 4.23. The molecule has 0 spiro atoms. The maximum absolute atomic E-state index is 13.2. The zero-order valence-corrected chi connectivity index (χ0v) is 16.8. The monoisotopic (exact) mass is 428 g/mol. The van der Waals surface area contributed by atoms with Crippen LogP contribution in [-0.4, -0.2) is 24.0 Å². The molecule has 0 N–H and O–H groups in total. The molecule has 0 aromatic heterocycles. The van der Waals surface area contributed by atoms with Crippen molar-refractivity contribution in [3.05, 3.63) is 59.1 Å². The van der Waals surface area contributed by atoms with Crippen LogP contribution in [0.15, 0.2) is 59.1 Å². The maximum atomic E-state index is 13.2. The molecule has 3 atom stereocenters. The highest BCUT2D eigenvalue weighted by molar-refractivity contribution is 9.10. The van der Waals surface area contributed by atoms with Crippen LogP contribution in [0.3, 0.4) is 0 Å². The van der Waals surface area contributed by atoms with E-state index in [4.69, 9.17) is 4.84 Å². The predicted molar refractivity (Wildman–Crippen MR) is 107 cm³/mol. The van der Waals surface area contributed by atoms with Gasteiger partial charge in [-0.3, -0.25) is 14.4 Å². The van der Waals surface area contributed by atoms with E-state index >= 15 is 0 Å². The van der Waals surface area contributed by atoms with Gasteiger partial charge in [-0.05, 0) is 48.7 Å². The summed E-state index contributed by atoms with van der Waals surface area (Å²) in [7, 11) is 0. The largest absolute Gasteiger partial charge is 0.273 e. The minimum absolute atomic E-state index is 0.172. The molecule has 2 aromatic carbocycles. The van der Waals surface area contributed by atoms with Gasteiger partial charge in [-0.25, -0.2) is 9.96 Å². The predicted octanol–water partition coefficient (Wildman–Crippen LogP) is 4.17. The summed E-state index contributed by atoms with van der Waals surface area (Å²) in [5.74, 6) is -0.604. The first-order valence-electron chi connectivity index (χ1n) is 9.12. The van der Waals surface area contributed by atoms with E-state index in [1.807, 2.05) is 42.5 Å². The highest BCUT2D eigenvalue weighted by atomic mass is 79.9. The Morgan fingerprint density at radius 1 is 0.963 bits per heavy atom. The van der Waals surface area contributed by atoms with E-state index in [-0.39, 0.29) is 17.9 Å². The summed E-state index contributed by atoms with van der Waals surface area (Å²) in [6.07, 6.45) is -0.00593. The number of fused-ring (bicyclic) bond motifs is 1. The quantitative estimate of drug-likeness (QED) is 0.685. The van der Waals surface area contributed by atoms with Gasteiger partial charge in [0.1, 0.15) is 0 Å². The Hall–Kier alpha value is -2.18. The number of hydrogen-bond donors (Lipinski definition) is 0. The van der Waals surface area contributed by atoms with Gasteiger partial charge in [-0.2, -0.15) is 0 Å².